The molecule has 2 rings (SSSR count). The van der Waals surface area contributed by atoms with Crippen LogP contribution in [0.4, 0.5) is 0 Å². The quantitative estimate of drug-likeness (QED) is 0.745. The van der Waals surface area contributed by atoms with E-state index in [2.05, 4.69) is 4.90 Å². The summed E-state index contributed by atoms with van der Waals surface area (Å²) >= 11 is 0. The number of likely N-dealkylation sites (tertiary alicyclic amines) is 1. The zero-order chi connectivity index (χ0) is 10.5. The largest absolute Gasteiger partial charge is 0.392 e. The molecule has 4 heteroatoms. The Bertz CT molecular complexity index is 178. The fourth-order valence-corrected chi connectivity index (χ4v) is 2.17. The normalized spacial score (nSPS) is 33.4. The number of nitrogens with zero attached hydrogens (tertiary/aromatic N) is 1. The first-order chi connectivity index (χ1) is 7.34. The van der Waals surface area contributed by atoms with E-state index in [-0.39, 0.29) is 12.4 Å². The lowest BCUT2D eigenvalue weighted by Crippen LogP contribution is -2.30. The van der Waals surface area contributed by atoms with Gasteiger partial charge < -0.3 is 14.6 Å². The Kier molecular flexibility index (Phi) is 4.38. The summed E-state index contributed by atoms with van der Waals surface area (Å²) in [5.74, 6) is 0. The molecule has 0 aromatic rings. The smallest absolute Gasteiger partial charge is 0.157 e. The van der Waals surface area contributed by atoms with E-state index in [1.54, 1.807) is 0 Å². The Balaban J connectivity index is 1.54. The second kappa shape index (κ2) is 5.80. The predicted molar refractivity (Wildman–Crippen MR) is 56.6 cm³/mol. The maximum Gasteiger partial charge on any atom is 0.157 e. The molecule has 4 nitrogen and oxygen atoms in total. The highest BCUT2D eigenvalue weighted by molar-refractivity contribution is 4.73. The molecule has 2 heterocycles. The molecule has 1 unspecified atom stereocenters. The van der Waals surface area contributed by atoms with Gasteiger partial charge in [0.2, 0.25) is 0 Å². The number of rotatable bonds is 4. The Labute approximate surface area is 91.2 Å². The van der Waals surface area contributed by atoms with E-state index in [0.29, 0.717) is 0 Å². The van der Waals surface area contributed by atoms with Crippen LogP contribution in [0.25, 0.3) is 0 Å². The molecule has 0 spiro atoms. The van der Waals surface area contributed by atoms with Gasteiger partial charge >= 0.3 is 0 Å². The fraction of sp³-hybridized carbons (Fsp3) is 1.00. The molecule has 0 aromatic carbocycles. The van der Waals surface area contributed by atoms with E-state index in [1.807, 2.05) is 0 Å². The Hall–Kier alpha value is -0.160. The molecule has 0 aliphatic carbocycles. The van der Waals surface area contributed by atoms with E-state index in [1.165, 1.54) is 6.42 Å². The van der Waals surface area contributed by atoms with Crippen molar-refractivity contribution in [3.8, 4) is 0 Å². The van der Waals surface area contributed by atoms with Crippen molar-refractivity contribution in [2.24, 2.45) is 0 Å². The topological polar surface area (TPSA) is 41.9 Å². The first-order valence-corrected chi connectivity index (χ1v) is 5.98. The van der Waals surface area contributed by atoms with E-state index < -0.39 is 0 Å². The van der Waals surface area contributed by atoms with Gasteiger partial charge in [0.1, 0.15) is 0 Å². The number of β-amino-alcohol motifs (C(OH)–C–C–N with tert-alkyl or cyclic N) is 1. The maximum atomic E-state index is 9.34. The van der Waals surface area contributed by atoms with Gasteiger partial charge in [-0.05, 0) is 25.7 Å². The lowest BCUT2D eigenvalue weighted by atomic mass is 10.2. The van der Waals surface area contributed by atoms with Gasteiger partial charge in [0.25, 0.3) is 0 Å². The van der Waals surface area contributed by atoms with E-state index in [0.717, 1.165) is 52.1 Å². The highest BCUT2D eigenvalue weighted by Gasteiger charge is 2.20. The molecule has 0 amide bonds. The van der Waals surface area contributed by atoms with Gasteiger partial charge in [-0.2, -0.15) is 0 Å². The van der Waals surface area contributed by atoms with Crippen LogP contribution in [0, 0.1) is 0 Å². The average molecular weight is 215 g/mol. The van der Waals surface area contributed by atoms with Crippen molar-refractivity contribution < 1.29 is 14.6 Å². The second-order valence-electron chi connectivity index (χ2n) is 4.41. The third-order valence-corrected chi connectivity index (χ3v) is 3.10. The number of ether oxygens (including phenoxy) is 2. The summed E-state index contributed by atoms with van der Waals surface area (Å²) in [6.07, 6.45) is 4.20. The molecule has 2 aliphatic rings. The average Bonchev–Trinajstić information content (AvgIpc) is 2.66. The van der Waals surface area contributed by atoms with Gasteiger partial charge in [0.05, 0.1) is 12.7 Å². The van der Waals surface area contributed by atoms with E-state index in [9.17, 15) is 5.11 Å². The highest BCUT2D eigenvalue weighted by atomic mass is 16.7. The highest BCUT2D eigenvalue weighted by Crippen LogP contribution is 2.14. The van der Waals surface area contributed by atoms with Crippen LogP contribution in [0.5, 0.6) is 0 Å². The van der Waals surface area contributed by atoms with Crippen LogP contribution in [0.15, 0.2) is 0 Å². The van der Waals surface area contributed by atoms with Crippen molar-refractivity contribution in [3.05, 3.63) is 0 Å². The minimum atomic E-state index is -0.129. The molecule has 0 bridgehead atoms. The Morgan fingerprint density at radius 2 is 2.27 bits per heavy atom. The zero-order valence-electron chi connectivity index (χ0n) is 9.23. The maximum absolute atomic E-state index is 9.34. The van der Waals surface area contributed by atoms with Gasteiger partial charge in [0.15, 0.2) is 6.29 Å². The van der Waals surface area contributed by atoms with Gasteiger partial charge in [-0.25, -0.2) is 0 Å². The van der Waals surface area contributed by atoms with Crippen molar-refractivity contribution in [2.75, 3.05) is 32.8 Å². The second-order valence-corrected chi connectivity index (χ2v) is 4.41. The minimum Gasteiger partial charge on any atom is -0.392 e. The third-order valence-electron chi connectivity index (χ3n) is 3.10. The van der Waals surface area contributed by atoms with E-state index in [4.69, 9.17) is 9.47 Å². The van der Waals surface area contributed by atoms with Crippen LogP contribution in [-0.4, -0.2) is 55.2 Å². The van der Waals surface area contributed by atoms with Crippen molar-refractivity contribution >= 4 is 0 Å². The summed E-state index contributed by atoms with van der Waals surface area (Å²) in [4.78, 5) is 2.24. The molecular formula is C11H21NO3. The third kappa shape index (κ3) is 3.72. The van der Waals surface area contributed by atoms with Crippen LogP contribution in [0.3, 0.4) is 0 Å². The van der Waals surface area contributed by atoms with Crippen LogP contribution >= 0.6 is 0 Å². The predicted octanol–water partition coefficient (Wildman–Crippen LogP) is 0.596. The Morgan fingerprint density at radius 3 is 2.93 bits per heavy atom. The van der Waals surface area contributed by atoms with Gasteiger partial charge in [-0.1, -0.05) is 0 Å². The van der Waals surface area contributed by atoms with Crippen molar-refractivity contribution in [1.82, 2.24) is 4.90 Å². The molecular weight excluding hydrogens is 194 g/mol. The Morgan fingerprint density at radius 1 is 1.33 bits per heavy atom. The van der Waals surface area contributed by atoms with Crippen LogP contribution in [0.1, 0.15) is 25.7 Å². The summed E-state index contributed by atoms with van der Waals surface area (Å²) in [6.45, 7) is 4.27. The molecule has 15 heavy (non-hydrogen) atoms. The lowest BCUT2D eigenvalue weighted by molar-refractivity contribution is -0.163. The number of aliphatic hydroxyl groups is 1. The minimum absolute atomic E-state index is 0.0197. The van der Waals surface area contributed by atoms with Crippen LogP contribution < -0.4 is 0 Å². The fourth-order valence-electron chi connectivity index (χ4n) is 2.17. The standard InChI is InChI=1S/C11H21NO3/c13-10-4-5-12(9-10)6-8-15-11-3-1-2-7-14-11/h10-11,13H,1-9H2/t10-,11?/m0/s1. The zero-order valence-corrected chi connectivity index (χ0v) is 9.23. The van der Waals surface area contributed by atoms with Crippen LogP contribution in [0.2, 0.25) is 0 Å². The lowest BCUT2D eigenvalue weighted by Gasteiger charge is -2.24. The monoisotopic (exact) mass is 215 g/mol. The van der Waals surface area contributed by atoms with Crippen LogP contribution in [-0.2, 0) is 9.47 Å². The SMILES string of the molecule is O[C@H]1CCN(CCOC2CCCCO2)C1. The van der Waals surface area contributed by atoms with Crippen molar-refractivity contribution in [2.45, 2.75) is 38.1 Å². The number of hydrogen-bond donors (Lipinski definition) is 1. The van der Waals surface area contributed by atoms with Crippen molar-refractivity contribution in [1.29, 1.82) is 0 Å². The summed E-state index contributed by atoms with van der Waals surface area (Å²) in [5, 5.41) is 9.34. The summed E-state index contributed by atoms with van der Waals surface area (Å²) < 4.78 is 11.1. The summed E-state index contributed by atoms with van der Waals surface area (Å²) in [6, 6.07) is 0. The molecule has 2 atom stereocenters. The first-order valence-electron chi connectivity index (χ1n) is 5.98. The number of aliphatic hydroxyl groups excluding tert-OH is 1. The molecule has 0 radical (unpaired) electrons. The molecule has 2 aliphatic heterocycles. The molecule has 88 valence electrons. The molecule has 2 fully saturated rings. The number of hydrogen-bond acceptors (Lipinski definition) is 4. The first kappa shape index (κ1) is 11.3. The van der Waals surface area contributed by atoms with Gasteiger partial charge in [-0.15, -0.1) is 0 Å². The van der Waals surface area contributed by atoms with Gasteiger partial charge in [-0.3, -0.25) is 4.90 Å². The molecule has 0 saturated carbocycles. The molecule has 2 saturated heterocycles. The summed E-state index contributed by atoms with van der Waals surface area (Å²) in [7, 11) is 0. The molecule has 0 aromatic heterocycles. The van der Waals surface area contributed by atoms with Crippen molar-refractivity contribution in [3.63, 3.8) is 0 Å². The molecule has 1 N–H and O–H groups in total. The summed E-state index contributed by atoms with van der Waals surface area (Å²) in [5.41, 5.74) is 0. The van der Waals surface area contributed by atoms with E-state index >= 15 is 0 Å². The van der Waals surface area contributed by atoms with Gasteiger partial charge in [0, 0.05) is 26.2 Å².